The molecule has 0 amide bonds. The second-order valence-electron chi connectivity index (χ2n) is 5.40. The zero-order chi connectivity index (χ0) is 15.6. The van der Waals surface area contributed by atoms with Crippen LogP contribution in [0.5, 0.6) is 0 Å². The fraction of sp³-hybridized carbons (Fsp3) is 0.538. The van der Waals surface area contributed by atoms with Crippen molar-refractivity contribution in [1.82, 2.24) is 9.88 Å². The lowest BCUT2D eigenvalue weighted by molar-refractivity contribution is -0.384. The third kappa shape index (κ3) is 3.23. The van der Waals surface area contributed by atoms with Crippen LogP contribution in [-0.2, 0) is 0 Å². The molecule has 0 radical (unpaired) electrons. The summed E-state index contributed by atoms with van der Waals surface area (Å²) in [6.45, 7) is 6.21. The van der Waals surface area contributed by atoms with Gasteiger partial charge in [0.25, 0.3) is 0 Å². The van der Waals surface area contributed by atoms with Crippen molar-refractivity contribution in [2.45, 2.75) is 19.4 Å². The lowest BCUT2D eigenvalue weighted by Crippen LogP contribution is -2.54. The highest BCUT2D eigenvalue weighted by Gasteiger charge is 2.32. The Hall–Kier alpha value is -1.91. The van der Waals surface area contributed by atoms with Crippen LogP contribution in [0.4, 0.5) is 11.5 Å². The molecule has 2 rings (SSSR count). The number of nitrogens with zero attached hydrogens (tertiary/aromatic N) is 5. The lowest BCUT2D eigenvalue weighted by atomic mass is 10.0. The van der Waals surface area contributed by atoms with E-state index in [0.29, 0.717) is 32.0 Å². The van der Waals surface area contributed by atoms with Crippen LogP contribution in [0.25, 0.3) is 0 Å². The molecule has 1 aliphatic rings. The van der Waals surface area contributed by atoms with Gasteiger partial charge in [-0.25, -0.2) is 4.98 Å². The summed E-state index contributed by atoms with van der Waals surface area (Å²) in [6, 6.07) is 3.58. The largest absolute Gasteiger partial charge is 0.348 e. The maximum Gasteiger partial charge on any atom is 0.313 e. The Kier molecular flexibility index (Phi) is 4.30. The first-order valence-electron chi connectivity index (χ1n) is 6.56. The van der Waals surface area contributed by atoms with E-state index in [1.165, 1.54) is 12.3 Å². The maximum atomic E-state index is 11.1. The van der Waals surface area contributed by atoms with Gasteiger partial charge in [0.15, 0.2) is 0 Å². The standard InChI is InChI=1S/C13H16ClN5O2/c1-13(2,9-15)18-5-3-17(4-6-18)12-11(19(20)21)7-10(14)8-16-12/h7-8H,3-6H2,1-2H3. The summed E-state index contributed by atoms with van der Waals surface area (Å²) in [6.07, 6.45) is 1.41. The fourth-order valence-corrected chi connectivity index (χ4v) is 2.50. The van der Waals surface area contributed by atoms with E-state index in [4.69, 9.17) is 16.9 Å². The van der Waals surface area contributed by atoms with Crippen LogP contribution in [0.2, 0.25) is 5.02 Å². The van der Waals surface area contributed by atoms with E-state index in [9.17, 15) is 10.1 Å². The van der Waals surface area contributed by atoms with E-state index in [0.717, 1.165) is 0 Å². The Bertz CT molecular complexity index is 591. The average molecular weight is 310 g/mol. The number of nitriles is 1. The minimum Gasteiger partial charge on any atom is -0.348 e. The number of pyridine rings is 1. The number of hydrogen-bond acceptors (Lipinski definition) is 6. The molecule has 0 aromatic carbocycles. The number of anilines is 1. The molecule has 1 fully saturated rings. The van der Waals surface area contributed by atoms with Gasteiger partial charge in [-0.15, -0.1) is 0 Å². The predicted molar refractivity (Wildman–Crippen MR) is 79.4 cm³/mol. The number of halogens is 1. The molecule has 8 heteroatoms. The highest BCUT2D eigenvalue weighted by atomic mass is 35.5. The quantitative estimate of drug-likeness (QED) is 0.627. The molecule has 0 unspecified atom stereocenters. The number of piperazine rings is 1. The molecule has 1 aromatic heterocycles. The molecule has 1 aliphatic heterocycles. The highest BCUT2D eigenvalue weighted by Crippen LogP contribution is 2.29. The molecule has 0 bridgehead atoms. The summed E-state index contributed by atoms with van der Waals surface area (Å²) in [7, 11) is 0. The van der Waals surface area contributed by atoms with Crippen molar-refractivity contribution in [3.05, 3.63) is 27.4 Å². The molecule has 0 N–H and O–H groups in total. The van der Waals surface area contributed by atoms with E-state index in [1.54, 1.807) is 0 Å². The Morgan fingerprint density at radius 2 is 2.05 bits per heavy atom. The monoisotopic (exact) mass is 309 g/mol. The smallest absolute Gasteiger partial charge is 0.313 e. The molecule has 21 heavy (non-hydrogen) atoms. The molecule has 1 saturated heterocycles. The second-order valence-corrected chi connectivity index (χ2v) is 5.83. The van der Waals surface area contributed by atoms with Crippen LogP contribution in [0.3, 0.4) is 0 Å². The Morgan fingerprint density at radius 1 is 1.43 bits per heavy atom. The summed E-state index contributed by atoms with van der Waals surface area (Å²) >= 11 is 5.77. The minimum atomic E-state index is -0.536. The summed E-state index contributed by atoms with van der Waals surface area (Å²) in [5.74, 6) is 0.332. The van der Waals surface area contributed by atoms with Gasteiger partial charge in [0.1, 0.15) is 5.54 Å². The van der Waals surface area contributed by atoms with Crippen LogP contribution in [0, 0.1) is 21.4 Å². The van der Waals surface area contributed by atoms with E-state index < -0.39 is 10.5 Å². The molecule has 1 aromatic rings. The number of aromatic nitrogens is 1. The summed E-state index contributed by atoms with van der Waals surface area (Å²) < 4.78 is 0. The van der Waals surface area contributed by atoms with Gasteiger partial charge >= 0.3 is 5.69 Å². The Balaban J connectivity index is 2.17. The van der Waals surface area contributed by atoms with Crippen molar-refractivity contribution in [3.8, 4) is 6.07 Å². The van der Waals surface area contributed by atoms with Crippen LogP contribution >= 0.6 is 11.6 Å². The second kappa shape index (κ2) is 5.84. The highest BCUT2D eigenvalue weighted by molar-refractivity contribution is 6.30. The molecule has 0 atom stereocenters. The van der Waals surface area contributed by atoms with Crippen LogP contribution in [0.15, 0.2) is 12.3 Å². The van der Waals surface area contributed by atoms with Crippen molar-refractivity contribution in [2.75, 3.05) is 31.1 Å². The molecule has 0 spiro atoms. The molecular formula is C13H16ClN5O2. The number of hydrogen-bond donors (Lipinski definition) is 0. The van der Waals surface area contributed by atoms with Crippen LogP contribution in [-0.4, -0.2) is 46.5 Å². The van der Waals surface area contributed by atoms with Crippen molar-refractivity contribution in [1.29, 1.82) is 5.26 Å². The number of rotatable bonds is 3. The van der Waals surface area contributed by atoms with Gasteiger partial charge in [0.05, 0.1) is 16.0 Å². The summed E-state index contributed by atoms with van der Waals surface area (Å²) in [5.41, 5.74) is -0.624. The minimum absolute atomic E-state index is 0.0875. The first kappa shape index (κ1) is 15.5. The summed E-state index contributed by atoms with van der Waals surface area (Å²) in [5, 5.41) is 20.5. The zero-order valence-corrected chi connectivity index (χ0v) is 12.7. The number of nitro groups is 1. The van der Waals surface area contributed by atoms with Crippen molar-refractivity contribution in [3.63, 3.8) is 0 Å². The van der Waals surface area contributed by atoms with E-state index in [-0.39, 0.29) is 10.7 Å². The molecule has 2 heterocycles. The van der Waals surface area contributed by atoms with Gasteiger partial charge in [-0.3, -0.25) is 15.0 Å². The topological polar surface area (TPSA) is 86.3 Å². The third-order valence-electron chi connectivity index (χ3n) is 3.65. The zero-order valence-electron chi connectivity index (χ0n) is 11.9. The SMILES string of the molecule is CC(C)(C#N)N1CCN(c2ncc(Cl)cc2[N+](=O)[O-])CC1. The third-order valence-corrected chi connectivity index (χ3v) is 3.86. The van der Waals surface area contributed by atoms with Gasteiger partial charge < -0.3 is 4.90 Å². The van der Waals surface area contributed by atoms with Crippen molar-refractivity contribution < 1.29 is 4.92 Å². The van der Waals surface area contributed by atoms with Crippen LogP contribution in [0.1, 0.15) is 13.8 Å². The van der Waals surface area contributed by atoms with Gasteiger partial charge in [0, 0.05) is 38.4 Å². The molecule has 0 aliphatic carbocycles. The fourth-order valence-electron chi connectivity index (χ4n) is 2.35. The molecule has 112 valence electrons. The maximum absolute atomic E-state index is 11.1. The van der Waals surface area contributed by atoms with Gasteiger partial charge in [-0.2, -0.15) is 5.26 Å². The van der Waals surface area contributed by atoms with Crippen molar-refractivity contribution in [2.24, 2.45) is 0 Å². The predicted octanol–water partition coefficient (Wildman–Crippen LogP) is 2.07. The molecule has 0 saturated carbocycles. The van der Waals surface area contributed by atoms with E-state index in [1.807, 2.05) is 18.7 Å². The van der Waals surface area contributed by atoms with Gasteiger partial charge in [-0.1, -0.05) is 11.6 Å². The lowest BCUT2D eigenvalue weighted by Gasteiger charge is -2.40. The van der Waals surface area contributed by atoms with Gasteiger partial charge in [-0.05, 0) is 13.8 Å². The average Bonchev–Trinajstić information content (AvgIpc) is 2.47. The molecular weight excluding hydrogens is 294 g/mol. The van der Waals surface area contributed by atoms with Gasteiger partial charge in [0.2, 0.25) is 5.82 Å². The first-order chi connectivity index (χ1) is 9.85. The van der Waals surface area contributed by atoms with E-state index >= 15 is 0 Å². The summed E-state index contributed by atoms with van der Waals surface area (Å²) in [4.78, 5) is 18.7. The first-order valence-corrected chi connectivity index (χ1v) is 6.94. The van der Waals surface area contributed by atoms with Crippen molar-refractivity contribution >= 4 is 23.1 Å². The Labute approximate surface area is 127 Å². The van der Waals surface area contributed by atoms with Crippen LogP contribution < -0.4 is 4.90 Å². The van der Waals surface area contributed by atoms with E-state index in [2.05, 4.69) is 16.0 Å². The normalized spacial score (nSPS) is 16.6. The Morgan fingerprint density at radius 3 is 2.57 bits per heavy atom. The molecule has 7 nitrogen and oxygen atoms in total.